The average molecular weight is 204 g/mol. The first-order chi connectivity index (χ1) is 5.75. The molecule has 0 bridgehead atoms. The number of aromatic hydroxyl groups is 1. The van der Waals surface area contributed by atoms with Crippen molar-refractivity contribution in [1.29, 1.82) is 0 Å². The summed E-state index contributed by atoms with van der Waals surface area (Å²) in [6.45, 7) is 0.0372. The predicted octanol–water partition coefficient (Wildman–Crippen LogP) is 1.20. The van der Waals surface area contributed by atoms with Gasteiger partial charge in [0.05, 0.1) is 0 Å². The molecule has 1 aromatic carbocycles. The molecule has 0 saturated carbocycles. The van der Waals surface area contributed by atoms with Crippen LogP contribution in [-0.2, 0) is 0 Å². The third kappa shape index (κ3) is 3.22. The number of rotatable bonds is 3. The normalized spacial score (nSPS) is 11.8. The molecular weight excluding hydrogens is 190 g/mol. The smallest absolute Gasteiger partial charge is 0.120 e. The Morgan fingerprint density at radius 3 is 2.46 bits per heavy atom. The van der Waals surface area contributed by atoms with E-state index in [0.717, 1.165) is 0 Å². The maximum Gasteiger partial charge on any atom is 0.120 e. The molecule has 3 nitrogen and oxygen atoms in total. The lowest BCUT2D eigenvalue weighted by Gasteiger charge is -2.11. The van der Waals surface area contributed by atoms with E-state index in [1.54, 1.807) is 18.2 Å². The molecule has 0 heterocycles. The summed E-state index contributed by atoms with van der Waals surface area (Å²) in [4.78, 5) is 0. The minimum atomic E-state index is -0.281. The van der Waals surface area contributed by atoms with E-state index >= 15 is 0 Å². The van der Waals surface area contributed by atoms with Gasteiger partial charge < -0.3 is 15.9 Å². The van der Waals surface area contributed by atoms with Gasteiger partial charge in [0.15, 0.2) is 0 Å². The molecule has 0 unspecified atom stereocenters. The van der Waals surface area contributed by atoms with Gasteiger partial charge in [-0.25, -0.2) is 0 Å². The topological polar surface area (TPSA) is 66.5 Å². The SMILES string of the molecule is Cl.N[C@H](CCO)c1ccccc1O. The summed E-state index contributed by atoms with van der Waals surface area (Å²) in [6, 6.07) is 6.62. The zero-order valence-electron chi connectivity index (χ0n) is 7.18. The summed E-state index contributed by atoms with van der Waals surface area (Å²) < 4.78 is 0. The fourth-order valence-electron chi connectivity index (χ4n) is 1.10. The van der Waals surface area contributed by atoms with Crippen LogP contribution in [0.2, 0.25) is 0 Å². The zero-order chi connectivity index (χ0) is 8.97. The average Bonchev–Trinajstić information content (AvgIpc) is 2.05. The van der Waals surface area contributed by atoms with Gasteiger partial charge in [-0.05, 0) is 12.5 Å². The molecule has 0 amide bonds. The van der Waals surface area contributed by atoms with Crippen LogP contribution in [0.4, 0.5) is 0 Å². The van der Waals surface area contributed by atoms with Crippen LogP contribution in [0.5, 0.6) is 5.75 Å². The quantitative estimate of drug-likeness (QED) is 0.692. The van der Waals surface area contributed by atoms with Crippen LogP contribution in [0.25, 0.3) is 0 Å². The van der Waals surface area contributed by atoms with Crippen LogP contribution in [0, 0.1) is 0 Å². The highest BCUT2D eigenvalue weighted by Crippen LogP contribution is 2.23. The maximum absolute atomic E-state index is 9.35. The van der Waals surface area contributed by atoms with Gasteiger partial charge in [0.2, 0.25) is 0 Å². The lowest BCUT2D eigenvalue weighted by molar-refractivity contribution is 0.275. The van der Waals surface area contributed by atoms with Crippen molar-refractivity contribution in [3.63, 3.8) is 0 Å². The Labute approximate surface area is 83.6 Å². The monoisotopic (exact) mass is 203 g/mol. The largest absolute Gasteiger partial charge is 0.508 e. The van der Waals surface area contributed by atoms with Crippen molar-refractivity contribution in [1.82, 2.24) is 0 Å². The van der Waals surface area contributed by atoms with Crippen molar-refractivity contribution in [2.45, 2.75) is 12.5 Å². The molecule has 1 atom stereocenters. The Balaban J connectivity index is 0.00000144. The van der Waals surface area contributed by atoms with Crippen LogP contribution in [0.3, 0.4) is 0 Å². The first-order valence-corrected chi connectivity index (χ1v) is 3.90. The molecule has 74 valence electrons. The minimum absolute atomic E-state index is 0. The van der Waals surface area contributed by atoms with E-state index in [2.05, 4.69) is 0 Å². The van der Waals surface area contributed by atoms with Gasteiger partial charge in [0.25, 0.3) is 0 Å². The molecule has 0 radical (unpaired) electrons. The highest BCUT2D eigenvalue weighted by atomic mass is 35.5. The summed E-state index contributed by atoms with van der Waals surface area (Å²) in [6.07, 6.45) is 0.470. The van der Waals surface area contributed by atoms with Crippen molar-refractivity contribution < 1.29 is 10.2 Å². The summed E-state index contributed by atoms with van der Waals surface area (Å²) in [7, 11) is 0. The van der Waals surface area contributed by atoms with Crippen LogP contribution >= 0.6 is 12.4 Å². The molecule has 0 aromatic heterocycles. The van der Waals surface area contributed by atoms with Crippen molar-refractivity contribution in [2.75, 3.05) is 6.61 Å². The first-order valence-electron chi connectivity index (χ1n) is 3.90. The summed E-state index contributed by atoms with van der Waals surface area (Å²) in [5.74, 6) is 0.193. The van der Waals surface area contributed by atoms with Gasteiger partial charge in [-0.15, -0.1) is 12.4 Å². The molecule has 0 aliphatic heterocycles. The predicted molar refractivity (Wildman–Crippen MR) is 54.0 cm³/mol. The molecule has 4 N–H and O–H groups in total. The third-order valence-electron chi connectivity index (χ3n) is 1.78. The number of phenolic OH excluding ortho intramolecular Hbond substituents is 1. The fraction of sp³-hybridized carbons (Fsp3) is 0.333. The number of para-hydroxylation sites is 1. The van der Waals surface area contributed by atoms with Crippen LogP contribution < -0.4 is 5.73 Å². The van der Waals surface area contributed by atoms with E-state index in [4.69, 9.17) is 10.8 Å². The van der Waals surface area contributed by atoms with E-state index in [1.165, 1.54) is 0 Å². The second-order valence-electron chi connectivity index (χ2n) is 2.68. The first kappa shape index (κ1) is 12.2. The molecule has 0 fully saturated rings. The zero-order valence-corrected chi connectivity index (χ0v) is 8.00. The van der Waals surface area contributed by atoms with Gasteiger partial charge in [-0.2, -0.15) is 0 Å². The Bertz CT molecular complexity index is 255. The van der Waals surface area contributed by atoms with E-state index in [0.29, 0.717) is 12.0 Å². The highest BCUT2D eigenvalue weighted by Gasteiger charge is 2.08. The Morgan fingerprint density at radius 2 is 1.92 bits per heavy atom. The van der Waals surface area contributed by atoms with E-state index < -0.39 is 0 Å². The molecular formula is C9H14ClNO2. The molecule has 0 aliphatic carbocycles. The summed E-state index contributed by atoms with van der Waals surface area (Å²) in [5, 5.41) is 18.0. The number of nitrogens with two attached hydrogens (primary N) is 1. The highest BCUT2D eigenvalue weighted by molar-refractivity contribution is 5.85. The summed E-state index contributed by atoms with van der Waals surface area (Å²) >= 11 is 0. The van der Waals surface area contributed by atoms with Crippen LogP contribution in [0.1, 0.15) is 18.0 Å². The Morgan fingerprint density at radius 1 is 1.31 bits per heavy atom. The molecule has 1 aromatic rings. The van der Waals surface area contributed by atoms with Gasteiger partial charge in [0.1, 0.15) is 5.75 Å². The van der Waals surface area contributed by atoms with Gasteiger partial charge in [0, 0.05) is 18.2 Å². The minimum Gasteiger partial charge on any atom is -0.508 e. The van der Waals surface area contributed by atoms with Gasteiger partial charge in [-0.1, -0.05) is 18.2 Å². The number of benzene rings is 1. The summed E-state index contributed by atoms with van der Waals surface area (Å²) in [5.41, 5.74) is 6.37. The Kier molecular flexibility index (Phi) is 5.46. The van der Waals surface area contributed by atoms with Crippen molar-refractivity contribution in [3.8, 4) is 5.75 Å². The maximum atomic E-state index is 9.35. The number of hydrogen-bond acceptors (Lipinski definition) is 3. The standard InChI is InChI=1S/C9H13NO2.ClH/c10-8(5-6-11)7-3-1-2-4-9(7)12;/h1-4,8,11-12H,5-6,10H2;1H/t8-;/m1./s1. The number of aliphatic hydroxyl groups is 1. The fourth-order valence-corrected chi connectivity index (χ4v) is 1.10. The van der Waals surface area contributed by atoms with Gasteiger partial charge >= 0.3 is 0 Å². The second-order valence-corrected chi connectivity index (χ2v) is 2.68. The number of hydrogen-bond donors (Lipinski definition) is 3. The molecule has 0 aliphatic rings. The van der Waals surface area contributed by atoms with E-state index in [1.807, 2.05) is 6.07 Å². The number of aliphatic hydroxyl groups excluding tert-OH is 1. The van der Waals surface area contributed by atoms with Crippen molar-refractivity contribution in [3.05, 3.63) is 29.8 Å². The molecule has 1 rings (SSSR count). The van der Waals surface area contributed by atoms with E-state index in [9.17, 15) is 5.11 Å². The van der Waals surface area contributed by atoms with Crippen molar-refractivity contribution in [2.24, 2.45) is 5.73 Å². The van der Waals surface area contributed by atoms with Crippen LogP contribution in [0.15, 0.2) is 24.3 Å². The third-order valence-corrected chi connectivity index (χ3v) is 1.78. The number of phenols is 1. The lowest BCUT2D eigenvalue weighted by atomic mass is 10.0. The lowest BCUT2D eigenvalue weighted by Crippen LogP contribution is -2.11. The van der Waals surface area contributed by atoms with Crippen LogP contribution in [-0.4, -0.2) is 16.8 Å². The molecule has 0 saturated heterocycles. The van der Waals surface area contributed by atoms with Gasteiger partial charge in [-0.3, -0.25) is 0 Å². The number of halogens is 1. The molecule has 4 heteroatoms. The molecule has 0 spiro atoms. The second kappa shape index (κ2) is 5.80. The van der Waals surface area contributed by atoms with E-state index in [-0.39, 0.29) is 30.8 Å². The van der Waals surface area contributed by atoms with Crippen molar-refractivity contribution >= 4 is 12.4 Å². The molecule has 13 heavy (non-hydrogen) atoms. The Hall–Kier alpha value is -0.770.